The molecule has 0 aromatic heterocycles. The van der Waals surface area contributed by atoms with Crippen LogP contribution in [-0.2, 0) is 4.79 Å². The number of ether oxygens (including phenoxy) is 1. The summed E-state index contributed by atoms with van der Waals surface area (Å²) in [5.74, 6) is -0.397. The minimum atomic E-state index is -0.909. The number of hydrogen-bond donors (Lipinski definition) is 2. The van der Waals surface area contributed by atoms with Gasteiger partial charge in [-0.3, -0.25) is 9.69 Å². The minimum absolute atomic E-state index is 0.422. The summed E-state index contributed by atoms with van der Waals surface area (Å²) in [7, 11) is 1.52. The molecule has 2 N–H and O–H groups in total. The van der Waals surface area contributed by atoms with E-state index in [1.165, 1.54) is 7.11 Å². The highest BCUT2D eigenvalue weighted by Crippen LogP contribution is 2.35. The first-order valence-electron chi connectivity index (χ1n) is 6.15. The molecule has 1 heterocycles. The summed E-state index contributed by atoms with van der Waals surface area (Å²) in [6.45, 7) is 2.89. The summed E-state index contributed by atoms with van der Waals surface area (Å²) in [4.78, 5) is 13.5. The molecule has 1 aliphatic heterocycles. The van der Waals surface area contributed by atoms with E-state index in [9.17, 15) is 9.90 Å². The number of carboxylic acids is 1. The quantitative estimate of drug-likeness (QED) is 0.875. The molecule has 0 spiro atoms. The van der Waals surface area contributed by atoms with E-state index < -0.39 is 12.0 Å². The number of aliphatic carboxylic acids is 1. The minimum Gasteiger partial charge on any atom is -0.496 e. The number of halogens is 1. The van der Waals surface area contributed by atoms with Crippen LogP contribution < -0.4 is 10.1 Å². The third-order valence-corrected chi connectivity index (χ3v) is 3.59. The molecule has 19 heavy (non-hydrogen) atoms. The van der Waals surface area contributed by atoms with Crippen LogP contribution in [0.15, 0.2) is 18.2 Å². The largest absolute Gasteiger partial charge is 0.496 e. The molecule has 6 heteroatoms. The Morgan fingerprint density at radius 3 is 2.74 bits per heavy atom. The Morgan fingerprint density at radius 2 is 2.16 bits per heavy atom. The normalized spacial score (nSPS) is 18.0. The van der Waals surface area contributed by atoms with Crippen molar-refractivity contribution in [2.24, 2.45) is 0 Å². The Kier molecular flexibility index (Phi) is 4.63. The second kappa shape index (κ2) is 6.23. The topological polar surface area (TPSA) is 61.8 Å². The van der Waals surface area contributed by atoms with Gasteiger partial charge in [0.15, 0.2) is 0 Å². The second-order valence-corrected chi connectivity index (χ2v) is 4.79. The monoisotopic (exact) mass is 284 g/mol. The molecule has 1 atom stereocenters. The smallest absolute Gasteiger partial charge is 0.325 e. The number of carboxylic acid groups (broad SMARTS) is 1. The van der Waals surface area contributed by atoms with E-state index >= 15 is 0 Å². The lowest BCUT2D eigenvalue weighted by Crippen LogP contribution is -2.47. The number of nitrogens with zero attached hydrogens (tertiary/aromatic N) is 1. The standard InChI is InChI=1S/C13H17ClN2O3/c1-19-10-4-2-3-9(14)11(10)12(13(17)18)16-7-5-15-6-8-16/h2-4,12,15H,5-8H2,1H3,(H,17,18). The molecule has 1 aromatic carbocycles. The maximum absolute atomic E-state index is 11.6. The lowest BCUT2D eigenvalue weighted by atomic mass is 10.0. The summed E-state index contributed by atoms with van der Waals surface area (Å²) in [5.41, 5.74) is 0.529. The van der Waals surface area contributed by atoms with E-state index in [1.807, 2.05) is 4.90 Å². The number of methoxy groups -OCH3 is 1. The molecule has 1 aliphatic rings. The average molecular weight is 285 g/mol. The molecule has 0 radical (unpaired) electrons. The third-order valence-electron chi connectivity index (χ3n) is 3.26. The van der Waals surface area contributed by atoms with Crippen molar-refractivity contribution in [2.75, 3.05) is 33.3 Å². The van der Waals surface area contributed by atoms with Crippen molar-refractivity contribution in [3.8, 4) is 5.75 Å². The van der Waals surface area contributed by atoms with Crippen LogP contribution in [0.1, 0.15) is 11.6 Å². The fourth-order valence-corrected chi connectivity index (χ4v) is 2.63. The van der Waals surface area contributed by atoms with Gasteiger partial charge in [-0.15, -0.1) is 0 Å². The summed E-state index contributed by atoms with van der Waals surface area (Å²) >= 11 is 6.18. The third kappa shape index (κ3) is 3.00. The first kappa shape index (κ1) is 14.1. The number of nitrogens with one attached hydrogen (secondary N) is 1. The van der Waals surface area contributed by atoms with Crippen molar-refractivity contribution in [3.05, 3.63) is 28.8 Å². The molecule has 1 unspecified atom stereocenters. The van der Waals surface area contributed by atoms with Crippen molar-refractivity contribution in [2.45, 2.75) is 6.04 Å². The molecular formula is C13H17ClN2O3. The van der Waals surface area contributed by atoms with E-state index in [1.54, 1.807) is 18.2 Å². The number of hydrogen-bond acceptors (Lipinski definition) is 4. The zero-order valence-corrected chi connectivity index (χ0v) is 11.5. The molecule has 104 valence electrons. The van der Waals surface area contributed by atoms with Gasteiger partial charge in [-0.05, 0) is 12.1 Å². The molecule has 0 saturated carbocycles. The van der Waals surface area contributed by atoms with Gasteiger partial charge in [-0.25, -0.2) is 0 Å². The van der Waals surface area contributed by atoms with Crippen LogP contribution in [0.3, 0.4) is 0 Å². The van der Waals surface area contributed by atoms with E-state index in [0.717, 1.165) is 13.1 Å². The summed E-state index contributed by atoms with van der Waals surface area (Å²) in [6, 6.07) is 4.41. The van der Waals surface area contributed by atoms with Crippen LogP contribution in [0.25, 0.3) is 0 Å². The van der Waals surface area contributed by atoms with E-state index in [4.69, 9.17) is 16.3 Å². The number of carbonyl (C=O) groups is 1. The van der Waals surface area contributed by atoms with Crippen LogP contribution in [0.5, 0.6) is 5.75 Å². The van der Waals surface area contributed by atoms with Gasteiger partial charge in [0.25, 0.3) is 0 Å². The number of rotatable bonds is 4. The molecule has 0 amide bonds. The molecule has 1 aromatic rings. The van der Waals surface area contributed by atoms with Crippen molar-refractivity contribution in [1.82, 2.24) is 10.2 Å². The van der Waals surface area contributed by atoms with Gasteiger partial charge < -0.3 is 15.2 Å². The highest BCUT2D eigenvalue weighted by Gasteiger charge is 2.32. The maximum atomic E-state index is 11.6. The molecular weight excluding hydrogens is 268 g/mol. The zero-order valence-electron chi connectivity index (χ0n) is 10.7. The van der Waals surface area contributed by atoms with E-state index in [2.05, 4.69) is 5.32 Å². The maximum Gasteiger partial charge on any atom is 0.325 e. The predicted molar refractivity (Wildman–Crippen MR) is 72.8 cm³/mol. The van der Waals surface area contributed by atoms with Gasteiger partial charge in [0.05, 0.1) is 7.11 Å². The Morgan fingerprint density at radius 1 is 1.47 bits per heavy atom. The summed E-state index contributed by atoms with van der Waals surface area (Å²) in [6.07, 6.45) is 0. The molecule has 0 bridgehead atoms. The highest BCUT2D eigenvalue weighted by atomic mass is 35.5. The fraction of sp³-hybridized carbons (Fsp3) is 0.462. The Balaban J connectivity index is 2.41. The highest BCUT2D eigenvalue weighted by molar-refractivity contribution is 6.31. The Labute approximate surface area is 117 Å². The molecule has 2 rings (SSSR count). The first-order valence-corrected chi connectivity index (χ1v) is 6.53. The van der Waals surface area contributed by atoms with Gasteiger partial charge in [0, 0.05) is 36.8 Å². The van der Waals surface area contributed by atoms with E-state index in [-0.39, 0.29) is 0 Å². The zero-order chi connectivity index (χ0) is 13.8. The van der Waals surface area contributed by atoms with Crippen molar-refractivity contribution in [1.29, 1.82) is 0 Å². The summed E-state index contributed by atoms with van der Waals surface area (Å²) in [5, 5.41) is 13.2. The molecule has 1 saturated heterocycles. The van der Waals surface area contributed by atoms with Crippen LogP contribution in [-0.4, -0.2) is 49.3 Å². The van der Waals surface area contributed by atoms with Crippen molar-refractivity contribution in [3.63, 3.8) is 0 Å². The Bertz CT molecular complexity index is 461. The molecule has 0 aliphatic carbocycles. The lowest BCUT2D eigenvalue weighted by Gasteiger charge is -2.33. The Hall–Kier alpha value is -1.30. The SMILES string of the molecule is COc1cccc(Cl)c1C(C(=O)O)N1CCNCC1. The lowest BCUT2D eigenvalue weighted by molar-refractivity contribution is -0.144. The second-order valence-electron chi connectivity index (χ2n) is 4.38. The fourth-order valence-electron chi connectivity index (χ4n) is 2.36. The molecule has 1 fully saturated rings. The first-order chi connectivity index (χ1) is 9.15. The van der Waals surface area contributed by atoms with Gasteiger partial charge in [-0.1, -0.05) is 17.7 Å². The summed E-state index contributed by atoms with van der Waals surface area (Å²) < 4.78 is 5.26. The van der Waals surface area contributed by atoms with Crippen LogP contribution >= 0.6 is 11.6 Å². The van der Waals surface area contributed by atoms with Crippen LogP contribution in [0.2, 0.25) is 5.02 Å². The number of benzene rings is 1. The number of piperazine rings is 1. The predicted octanol–water partition coefficient (Wildman–Crippen LogP) is 1.38. The average Bonchev–Trinajstić information content (AvgIpc) is 2.41. The van der Waals surface area contributed by atoms with Gasteiger partial charge in [-0.2, -0.15) is 0 Å². The van der Waals surface area contributed by atoms with Crippen LogP contribution in [0, 0.1) is 0 Å². The van der Waals surface area contributed by atoms with Crippen LogP contribution in [0.4, 0.5) is 0 Å². The van der Waals surface area contributed by atoms with Gasteiger partial charge >= 0.3 is 5.97 Å². The molecule has 5 nitrogen and oxygen atoms in total. The van der Waals surface area contributed by atoms with Crippen molar-refractivity contribution < 1.29 is 14.6 Å². The van der Waals surface area contributed by atoms with Gasteiger partial charge in [0.2, 0.25) is 0 Å². The van der Waals surface area contributed by atoms with Crippen molar-refractivity contribution >= 4 is 17.6 Å². The van der Waals surface area contributed by atoms with E-state index in [0.29, 0.717) is 29.4 Å². The van der Waals surface area contributed by atoms with Gasteiger partial charge in [0.1, 0.15) is 11.8 Å².